The van der Waals surface area contributed by atoms with E-state index in [0.717, 1.165) is 102 Å². The van der Waals surface area contributed by atoms with E-state index in [1.165, 1.54) is 6.92 Å². The molecule has 366 valence electrons. The Kier molecular flexibility index (Phi) is 27.4. The first-order chi connectivity index (χ1) is 31.0. The van der Waals surface area contributed by atoms with E-state index in [9.17, 15) is 48.6 Å². The van der Waals surface area contributed by atoms with E-state index in [2.05, 4.69) is 26.6 Å². The number of nitrogens with one attached hydrogen (secondary N) is 5. The van der Waals surface area contributed by atoms with Gasteiger partial charge in [-0.25, -0.2) is 4.79 Å². The molecule has 0 aromatic heterocycles. The molecule has 1 saturated carbocycles. The summed E-state index contributed by atoms with van der Waals surface area (Å²) < 4.78 is 0. The highest BCUT2D eigenvalue weighted by Gasteiger charge is 2.33. The molecule has 0 bridgehead atoms. The van der Waals surface area contributed by atoms with Gasteiger partial charge in [-0.05, 0) is 50.0 Å². The highest BCUT2D eigenvalue weighted by atomic mass is 16.4. The largest absolute Gasteiger partial charge is 0.480 e. The van der Waals surface area contributed by atoms with Gasteiger partial charge in [0.15, 0.2) is 0 Å². The topological polar surface area (TPSA) is 289 Å². The lowest BCUT2D eigenvalue weighted by Gasteiger charge is -2.26. The number of primary amides is 2. The zero-order valence-electron chi connectivity index (χ0n) is 39.1. The Bertz CT molecular complexity index is 1640. The summed E-state index contributed by atoms with van der Waals surface area (Å²) >= 11 is 0. The second-order valence-electron chi connectivity index (χ2n) is 18.3. The first-order valence-corrected chi connectivity index (χ1v) is 24.0. The molecule has 7 amide bonds. The normalized spacial score (nSPS) is 15.6. The maximum atomic E-state index is 13.3. The van der Waals surface area contributed by atoms with Crippen LogP contribution in [0, 0.1) is 11.8 Å². The number of carbonyl (C=O) groups excluding carboxylic acids is 7. The van der Waals surface area contributed by atoms with Crippen molar-refractivity contribution in [1.82, 2.24) is 26.6 Å². The predicted octanol–water partition coefficient (Wildman–Crippen LogP) is 3.96. The van der Waals surface area contributed by atoms with Crippen LogP contribution in [0.1, 0.15) is 168 Å². The zero-order valence-corrected chi connectivity index (χ0v) is 39.1. The van der Waals surface area contributed by atoms with Crippen LogP contribution in [-0.2, 0) is 44.8 Å². The molecule has 6 atom stereocenters. The van der Waals surface area contributed by atoms with Crippen molar-refractivity contribution in [2.24, 2.45) is 23.3 Å². The third-order valence-corrected chi connectivity index (χ3v) is 11.9. The minimum absolute atomic E-state index is 0.00150. The highest BCUT2D eigenvalue weighted by Crippen LogP contribution is 2.27. The summed E-state index contributed by atoms with van der Waals surface area (Å²) in [4.78, 5) is 101. The number of amides is 7. The van der Waals surface area contributed by atoms with E-state index in [1.54, 1.807) is 0 Å². The molecule has 1 aromatic rings. The maximum Gasteiger partial charge on any atom is 0.326 e. The van der Waals surface area contributed by atoms with Gasteiger partial charge in [0.1, 0.15) is 30.2 Å². The fourth-order valence-electron chi connectivity index (χ4n) is 8.23. The van der Waals surface area contributed by atoms with Gasteiger partial charge < -0.3 is 48.3 Å². The van der Waals surface area contributed by atoms with Crippen LogP contribution in [0.4, 0.5) is 0 Å². The number of nitrogens with two attached hydrogens (primary N) is 2. The van der Waals surface area contributed by atoms with Crippen LogP contribution in [0.3, 0.4) is 0 Å². The molecule has 17 nitrogen and oxygen atoms in total. The third-order valence-electron chi connectivity index (χ3n) is 11.9. The Labute approximate surface area is 385 Å². The summed E-state index contributed by atoms with van der Waals surface area (Å²) in [6.45, 7) is 5.16. The maximum absolute atomic E-state index is 13.3. The van der Waals surface area contributed by atoms with Crippen LogP contribution in [0.15, 0.2) is 30.3 Å². The highest BCUT2D eigenvalue weighted by molar-refractivity contribution is 5.95. The molecule has 11 N–H and O–H groups in total. The summed E-state index contributed by atoms with van der Waals surface area (Å²) in [5.74, 6) is -5.19. The number of aliphatic hydroxyl groups is 1. The van der Waals surface area contributed by atoms with Gasteiger partial charge in [-0.1, -0.05) is 140 Å². The van der Waals surface area contributed by atoms with Crippen LogP contribution in [-0.4, -0.2) is 93.8 Å². The molecule has 1 aromatic carbocycles. The number of aliphatic hydroxyl groups excluding tert-OH is 1. The second-order valence-corrected chi connectivity index (χ2v) is 18.3. The van der Waals surface area contributed by atoms with Crippen LogP contribution >= 0.6 is 0 Å². The number of rotatable bonds is 34. The van der Waals surface area contributed by atoms with Crippen molar-refractivity contribution >= 4 is 47.3 Å². The molecule has 1 aliphatic carbocycles. The number of benzene rings is 1. The molecule has 0 unspecified atom stereocenters. The molecule has 0 heterocycles. The molecule has 0 saturated heterocycles. The number of aliphatic carboxylic acids is 1. The number of hydrogen-bond donors (Lipinski definition) is 9. The number of hydrogen-bond acceptors (Lipinski definition) is 9. The van der Waals surface area contributed by atoms with Gasteiger partial charge in [-0.2, -0.15) is 0 Å². The first-order valence-electron chi connectivity index (χ1n) is 24.0. The van der Waals surface area contributed by atoms with Gasteiger partial charge in [0.05, 0.1) is 12.5 Å². The number of unbranched alkanes of at least 4 members (excludes halogenated alkanes) is 11. The average Bonchev–Trinajstić information content (AvgIpc) is 3.24. The van der Waals surface area contributed by atoms with Crippen molar-refractivity contribution in [3.05, 3.63) is 35.9 Å². The number of carboxylic acids is 1. The van der Waals surface area contributed by atoms with Gasteiger partial charge in [-0.15, -0.1) is 0 Å². The molecule has 17 heteroatoms. The van der Waals surface area contributed by atoms with E-state index in [-0.39, 0.29) is 49.3 Å². The van der Waals surface area contributed by atoms with Crippen LogP contribution in [0.25, 0.3) is 0 Å². The Hall–Kier alpha value is -5.06. The van der Waals surface area contributed by atoms with Crippen molar-refractivity contribution in [2.45, 2.75) is 205 Å². The monoisotopic (exact) mass is 914 g/mol. The Balaban J connectivity index is 1.61. The molecule has 0 aliphatic heterocycles. The molecular weight excluding hydrogens is 835 g/mol. The first kappa shape index (κ1) is 56.1. The lowest BCUT2D eigenvalue weighted by molar-refractivity contribution is -0.143. The Morgan fingerprint density at radius 2 is 1.08 bits per heavy atom. The van der Waals surface area contributed by atoms with Crippen molar-refractivity contribution in [2.75, 3.05) is 0 Å². The van der Waals surface area contributed by atoms with Gasteiger partial charge in [-0.3, -0.25) is 33.6 Å². The minimum atomic E-state index is -1.27. The molecular formula is C48H79N7O10. The molecule has 2 rings (SSSR count). The van der Waals surface area contributed by atoms with E-state index in [1.807, 2.05) is 44.2 Å². The molecule has 1 fully saturated rings. The van der Waals surface area contributed by atoms with E-state index < -0.39 is 78.2 Å². The lowest BCUT2D eigenvalue weighted by Crippen LogP contribution is -2.59. The van der Waals surface area contributed by atoms with Crippen LogP contribution < -0.4 is 38.1 Å². The SMILES string of the molecule is CC(C)C[C@H](NC(=O)[C@@H](NC(=O)CCCCCCCCCCCCCCC(=O)N[C@@H](CC(N)=O)C(=O)N[C@@H](CC1CCCCC1)C(=O)O)[C@@H](C)O)C(=O)N[C@@H](Cc1ccccc1)C(N)=O. The summed E-state index contributed by atoms with van der Waals surface area (Å²) in [5, 5.41) is 33.1. The summed E-state index contributed by atoms with van der Waals surface area (Å²) in [6, 6.07) is 3.48. The fourth-order valence-corrected chi connectivity index (χ4v) is 8.23. The van der Waals surface area contributed by atoms with Gasteiger partial charge >= 0.3 is 5.97 Å². The van der Waals surface area contributed by atoms with E-state index >= 15 is 0 Å². The number of carbonyl (C=O) groups is 8. The molecule has 1 aliphatic rings. The molecule has 0 radical (unpaired) electrons. The van der Waals surface area contributed by atoms with Crippen molar-refractivity contribution in [3.8, 4) is 0 Å². The molecule has 0 spiro atoms. The van der Waals surface area contributed by atoms with Crippen molar-refractivity contribution < 1.29 is 48.6 Å². The zero-order chi connectivity index (χ0) is 48.1. The smallest absolute Gasteiger partial charge is 0.326 e. The fraction of sp³-hybridized carbons (Fsp3) is 0.708. The predicted molar refractivity (Wildman–Crippen MR) is 247 cm³/mol. The van der Waals surface area contributed by atoms with Crippen LogP contribution in [0.5, 0.6) is 0 Å². The molecule has 65 heavy (non-hydrogen) atoms. The number of carboxylic acid groups (broad SMARTS) is 1. The quantitative estimate of drug-likeness (QED) is 0.0449. The van der Waals surface area contributed by atoms with Crippen molar-refractivity contribution in [3.63, 3.8) is 0 Å². The van der Waals surface area contributed by atoms with Gasteiger partial charge in [0.25, 0.3) is 0 Å². The second kappa shape index (κ2) is 31.8. The average molecular weight is 914 g/mol. The summed E-state index contributed by atoms with van der Waals surface area (Å²) in [7, 11) is 0. The lowest BCUT2D eigenvalue weighted by atomic mass is 9.85. The van der Waals surface area contributed by atoms with Gasteiger partial charge in [0, 0.05) is 19.3 Å². The van der Waals surface area contributed by atoms with Crippen molar-refractivity contribution in [1.29, 1.82) is 0 Å². The summed E-state index contributed by atoms with van der Waals surface area (Å²) in [6.07, 6.45) is 15.7. The van der Waals surface area contributed by atoms with Crippen LogP contribution in [0.2, 0.25) is 0 Å². The van der Waals surface area contributed by atoms with E-state index in [0.29, 0.717) is 19.3 Å². The van der Waals surface area contributed by atoms with E-state index in [4.69, 9.17) is 11.5 Å². The standard InChI is InChI=1S/C48H79N7O10/c1-32(2)28-37(45(61)52-36(44(50)60)29-34-22-16-14-17-23-34)53-47(63)43(33(3)56)55-42(59)27-21-13-11-9-7-5-4-6-8-10-12-20-26-41(58)51-38(31-40(49)57)46(62)54-39(48(64)65)30-35-24-18-15-19-25-35/h14,16-17,22-23,32-33,35-39,43,56H,4-13,15,18-21,24-31H2,1-3H3,(H2,49,57)(H2,50,60)(H,51,58)(H,52,61)(H,53,63)(H,54,62)(H,55,59)(H,64,65)/t33-,36+,37+,38+,39+,43+/m1/s1. The third kappa shape index (κ3) is 24.7. The summed E-state index contributed by atoms with van der Waals surface area (Å²) in [5.41, 5.74) is 11.7. The van der Waals surface area contributed by atoms with Gasteiger partial charge in [0.2, 0.25) is 41.4 Å². The Morgan fingerprint density at radius 3 is 1.55 bits per heavy atom. The Morgan fingerprint density at radius 1 is 0.600 bits per heavy atom. The minimum Gasteiger partial charge on any atom is -0.480 e.